The van der Waals surface area contributed by atoms with E-state index in [0.717, 1.165) is 25.6 Å². The second-order valence-electron chi connectivity index (χ2n) is 7.35. The molecule has 0 aromatic heterocycles. The molecule has 1 saturated heterocycles. The molecule has 6 nitrogen and oxygen atoms in total. The average Bonchev–Trinajstić information content (AvgIpc) is 3.15. The van der Waals surface area contributed by atoms with Gasteiger partial charge in [-0.2, -0.15) is 0 Å². The molecule has 1 aliphatic heterocycles. The summed E-state index contributed by atoms with van der Waals surface area (Å²) in [5.41, 5.74) is 1.30. The van der Waals surface area contributed by atoms with Crippen LogP contribution in [0.25, 0.3) is 0 Å². The number of benzene rings is 1. The van der Waals surface area contributed by atoms with Gasteiger partial charge in [-0.05, 0) is 51.8 Å². The third-order valence-electron chi connectivity index (χ3n) is 4.84. The van der Waals surface area contributed by atoms with Gasteiger partial charge in [-0.15, -0.1) is 24.0 Å². The minimum Gasteiger partial charge on any atom is -0.357 e. The van der Waals surface area contributed by atoms with Gasteiger partial charge >= 0.3 is 0 Å². The number of likely N-dealkylation sites (tertiary alicyclic amines) is 1. The van der Waals surface area contributed by atoms with Crippen molar-refractivity contribution < 1.29 is 8.42 Å². The van der Waals surface area contributed by atoms with Gasteiger partial charge in [0.05, 0.1) is 18.3 Å². The van der Waals surface area contributed by atoms with Gasteiger partial charge in [-0.1, -0.05) is 30.3 Å². The molecule has 8 heteroatoms. The number of rotatable bonds is 9. The zero-order valence-electron chi connectivity index (χ0n) is 17.2. The monoisotopic (exact) mass is 522 g/mol. The zero-order chi connectivity index (χ0) is 19.7. The highest BCUT2D eigenvalue weighted by Crippen LogP contribution is 2.25. The highest BCUT2D eigenvalue weighted by molar-refractivity contribution is 14.0. The van der Waals surface area contributed by atoms with E-state index in [1.54, 1.807) is 0 Å². The van der Waals surface area contributed by atoms with Crippen molar-refractivity contribution in [2.45, 2.75) is 45.2 Å². The lowest BCUT2D eigenvalue weighted by molar-refractivity contribution is 0.251. The van der Waals surface area contributed by atoms with Crippen LogP contribution in [0.1, 0.15) is 44.7 Å². The summed E-state index contributed by atoms with van der Waals surface area (Å²) < 4.78 is 22.8. The smallest absolute Gasteiger partial charge is 0.191 e. The van der Waals surface area contributed by atoms with Crippen LogP contribution in [-0.4, -0.2) is 63.5 Å². The van der Waals surface area contributed by atoms with Crippen molar-refractivity contribution >= 4 is 39.8 Å². The Morgan fingerprint density at radius 2 is 1.86 bits per heavy atom. The zero-order valence-corrected chi connectivity index (χ0v) is 20.4. The number of sulfone groups is 1. The molecule has 0 saturated carbocycles. The summed E-state index contributed by atoms with van der Waals surface area (Å²) in [7, 11) is -2.95. The fraction of sp³-hybridized carbons (Fsp3) is 0.650. The molecule has 28 heavy (non-hydrogen) atoms. The van der Waals surface area contributed by atoms with Crippen LogP contribution in [0.4, 0.5) is 0 Å². The predicted octanol–water partition coefficient (Wildman–Crippen LogP) is 2.82. The number of nitrogens with one attached hydrogen (secondary N) is 2. The molecule has 1 aromatic rings. The highest BCUT2D eigenvalue weighted by atomic mass is 127. The van der Waals surface area contributed by atoms with Crippen LogP contribution in [-0.2, 0) is 9.84 Å². The Balaban J connectivity index is 0.00000392. The third kappa shape index (κ3) is 9.09. The maximum Gasteiger partial charge on any atom is 0.191 e. The van der Waals surface area contributed by atoms with Crippen molar-refractivity contribution in [1.82, 2.24) is 15.5 Å². The van der Waals surface area contributed by atoms with Crippen LogP contribution < -0.4 is 10.6 Å². The molecule has 2 atom stereocenters. The first-order valence-corrected chi connectivity index (χ1v) is 12.0. The average molecular weight is 522 g/mol. The van der Waals surface area contributed by atoms with E-state index in [9.17, 15) is 8.42 Å². The minimum absolute atomic E-state index is 0. The van der Waals surface area contributed by atoms with Crippen molar-refractivity contribution in [3.63, 3.8) is 0 Å². The quantitative estimate of drug-likeness (QED) is 0.297. The number of aliphatic imine (C=N–C) groups is 1. The summed E-state index contributed by atoms with van der Waals surface area (Å²) >= 11 is 0. The molecule has 1 fully saturated rings. The fourth-order valence-electron chi connectivity index (χ4n) is 3.35. The Labute approximate surface area is 187 Å². The highest BCUT2D eigenvalue weighted by Gasteiger charge is 2.23. The Morgan fingerprint density at radius 3 is 2.43 bits per heavy atom. The first kappa shape index (κ1) is 25.2. The molecule has 1 aliphatic rings. The Morgan fingerprint density at radius 1 is 1.21 bits per heavy atom. The van der Waals surface area contributed by atoms with Crippen molar-refractivity contribution in [2.24, 2.45) is 4.99 Å². The molecule has 0 radical (unpaired) electrons. The number of nitrogens with zero attached hydrogens (tertiary/aromatic N) is 2. The van der Waals surface area contributed by atoms with Crippen molar-refractivity contribution in [2.75, 3.05) is 38.2 Å². The van der Waals surface area contributed by atoms with E-state index in [1.165, 1.54) is 24.7 Å². The molecular formula is C20H35IN4O2S. The van der Waals surface area contributed by atoms with E-state index in [2.05, 4.69) is 39.8 Å². The van der Waals surface area contributed by atoms with Gasteiger partial charge in [0.2, 0.25) is 0 Å². The van der Waals surface area contributed by atoms with Gasteiger partial charge in [0.15, 0.2) is 5.96 Å². The first-order chi connectivity index (χ1) is 12.9. The summed E-state index contributed by atoms with van der Waals surface area (Å²) in [6, 6.07) is 10.9. The van der Waals surface area contributed by atoms with E-state index in [4.69, 9.17) is 4.99 Å². The largest absolute Gasteiger partial charge is 0.357 e. The van der Waals surface area contributed by atoms with Gasteiger partial charge < -0.3 is 10.6 Å². The van der Waals surface area contributed by atoms with Crippen LogP contribution in [0, 0.1) is 0 Å². The maximum atomic E-state index is 11.4. The first-order valence-electron chi connectivity index (χ1n) is 9.90. The van der Waals surface area contributed by atoms with E-state index in [-0.39, 0.29) is 41.8 Å². The van der Waals surface area contributed by atoms with Crippen LogP contribution in [0.3, 0.4) is 0 Å². The van der Waals surface area contributed by atoms with Crippen LogP contribution >= 0.6 is 24.0 Å². The minimum atomic E-state index is -2.95. The molecule has 0 spiro atoms. The molecule has 0 bridgehead atoms. The lowest BCUT2D eigenvalue weighted by Crippen LogP contribution is -2.43. The van der Waals surface area contributed by atoms with Gasteiger partial charge in [0.1, 0.15) is 9.84 Å². The molecule has 1 aromatic carbocycles. The second kappa shape index (κ2) is 12.6. The SMILES string of the molecule is CCNC(=NCC(c1ccccc1)N1CCCC1)NC(C)CCS(C)(=O)=O.I. The fourth-order valence-corrected chi connectivity index (χ4v) is 4.14. The Kier molecular flexibility index (Phi) is 11.4. The van der Waals surface area contributed by atoms with Crippen molar-refractivity contribution in [3.8, 4) is 0 Å². The van der Waals surface area contributed by atoms with E-state index in [0.29, 0.717) is 13.0 Å². The molecule has 2 rings (SSSR count). The topological polar surface area (TPSA) is 73.8 Å². The summed E-state index contributed by atoms with van der Waals surface area (Å²) in [6.45, 7) is 7.71. The summed E-state index contributed by atoms with van der Waals surface area (Å²) in [4.78, 5) is 7.33. The van der Waals surface area contributed by atoms with Crippen LogP contribution in [0.5, 0.6) is 0 Å². The molecule has 2 unspecified atom stereocenters. The van der Waals surface area contributed by atoms with Gasteiger partial charge in [0, 0.05) is 18.8 Å². The normalized spacial score (nSPS) is 17.6. The third-order valence-corrected chi connectivity index (χ3v) is 5.81. The van der Waals surface area contributed by atoms with Crippen molar-refractivity contribution in [1.29, 1.82) is 0 Å². The lowest BCUT2D eigenvalue weighted by atomic mass is 10.1. The number of guanidine groups is 1. The standard InChI is InChI=1S/C20H34N4O2S.HI/c1-4-21-20(23-17(2)12-15-27(3,25)26)22-16-19(24-13-8-9-14-24)18-10-6-5-7-11-18;/h5-7,10-11,17,19H,4,8-9,12-16H2,1-3H3,(H2,21,22,23);1H. The van der Waals surface area contributed by atoms with E-state index < -0.39 is 9.84 Å². The maximum absolute atomic E-state index is 11.4. The van der Waals surface area contributed by atoms with E-state index in [1.807, 2.05) is 19.9 Å². The number of hydrogen-bond donors (Lipinski definition) is 2. The molecule has 0 amide bonds. The van der Waals surface area contributed by atoms with Crippen molar-refractivity contribution in [3.05, 3.63) is 35.9 Å². The van der Waals surface area contributed by atoms with Gasteiger partial charge in [-0.25, -0.2) is 8.42 Å². The summed E-state index contributed by atoms with van der Waals surface area (Å²) in [5, 5.41) is 6.62. The van der Waals surface area contributed by atoms with Gasteiger partial charge in [0.25, 0.3) is 0 Å². The molecular weight excluding hydrogens is 487 g/mol. The van der Waals surface area contributed by atoms with E-state index >= 15 is 0 Å². The number of hydrogen-bond acceptors (Lipinski definition) is 4. The second-order valence-corrected chi connectivity index (χ2v) is 9.61. The summed E-state index contributed by atoms with van der Waals surface area (Å²) in [5.74, 6) is 0.930. The molecule has 2 N–H and O–H groups in total. The predicted molar refractivity (Wildman–Crippen MR) is 128 cm³/mol. The lowest BCUT2D eigenvalue weighted by Gasteiger charge is -2.27. The number of halogens is 1. The Bertz CT molecular complexity index is 691. The molecule has 160 valence electrons. The van der Waals surface area contributed by atoms with Crippen LogP contribution in [0.15, 0.2) is 35.3 Å². The molecule has 1 heterocycles. The van der Waals surface area contributed by atoms with Gasteiger partial charge in [-0.3, -0.25) is 9.89 Å². The molecule has 0 aliphatic carbocycles. The summed E-state index contributed by atoms with van der Waals surface area (Å²) in [6.07, 6.45) is 4.33. The Hall–Kier alpha value is -0.870. The van der Waals surface area contributed by atoms with Crippen LogP contribution in [0.2, 0.25) is 0 Å².